The van der Waals surface area contributed by atoms with Crippen LogP contribution in [0.1, 0.15) is 33.6 Å². The average Bonchev–Trinajstić information content (AvgIpc) is 2.25. The quantitative estimate of drug-likeness (QED) is 0.687. The molecule has 0 amide bonds. The molecule has 1 aliphatic heterocycles. The Hall–Kier alpha value is -1.65. The molecular formula is C12H17NO4. The number of carbonyl (C=O) groups excluding carboxylic acids is 2. The van der Waals surface area contributed by atoms with Crippen molar-refractivity contribution in [3.8, 4) is 0 Å². The van der Waals surface area contributed by atoms with Gasteiger partial charge in [0.2, 0.25) is 0 Å². The van der Waals surface area contributed by atoms with Gasteiger partial charge in [0.15, 0.2) is 5.70 Å². The third-order valence-corrected chi connectivity index (χ3v) is 2.05. The summed E-state index contributed by atoms with van der Waals surface area (Å²) in [4.78, 5) is 27.2. The Morgan fingerprint density at radius 2 is 1.94 bits per heavy atom. The van der Waals surface area contributed by atoms with Crippen LogP contribution in [0.4, 0.5) is 0 Å². The predicted molar refractivity (Wildman–Crippen MR) is 62.6 cm³/mol. The largest absolute Gasteiger partial charge is 0.464 e. The first-order valence-corrected chi connectivity index (χ1v) is 5.42. The summed E-state index contributed by atoms with van der Waals surface area (Å²) in [6.07, 6.45) is 2.66. The number of nitrogens with zero attached hydrogens (tertiary/aromatic N) is 1. The van der Waals surface area contributed by atoms with E-state index in [0.717, 1.165) is 0 Å². The summed E-state index contributed by atoms with van der Waals surface area (Å²) in [5.74, 6) is -1.11. The van der Waals surface area contributed by atoms with Crippen LogP contribution in [0.2, 0.25) is 0 Å². The van der Waals surface area contributed by atoms with Gasteiger partial charge < -0.3 is 9.47 Å². The van der Waals surface area contributed by atoms with Crippen molar-refractivity contribution in [2.45, 2.75) is 39.2 Å². The third kappa shape index (κ3) is 3.69. The number of carbonyl (C=O) groups is 2. The topological polar surface area (TPSA) is 65.0 Å². The minimum Gasteiger partial charge on any atom is -0.464 e. The molecule has 0 spiro atoms. The minimum absolute atomic E-state index is 0.0491. The summed E-state index contributed by atoms with van der Waals surface area (Å²) < 4.78 is 9.81. The van der Waals surface area contributed by atoms with Gasteiger partial charge in [-0.1, -0.05) is 0 Å². The number of esters is 2. The highest BCUT2D eigenvalue weighted by molar-refractivity contribution is 6.02. The van der Waals surface area contributed by atoms with Crippen LogP contribution >= 0.6 is 0 Å². The van der Waals surface area contributed by atoms with Gasteiger partial charge in [-0.3, -0.25) is 4.99 Å². The van der Waals surface area contributed by atoms with Crippen molar-refractivity contribution in [2.75, 3.05) is 7.11 Å². The second kappa shape index (κ2) is 5.12. The lowest BCUT2D eigenvalue weighted by molar-refractivity contribution is -0.150. The van der Waals surface area contributed by atoms with Gasteiger partial charge in [0, 0.05) is 6.21 Å². The molecule has 0 aliphatic carbocycles. The van der Waals surface area contributed by atoms with E-state index in [9.17, 15) is 9.59 Å². The van der Waals surface area contributed by atoms with E-state index in [2.05, 4.69) is 9.73 Å². The normalized spacial score (nSPS) is 15.8. The van der Waals surface area contributed by atoms with Gasteiger partial charge in [-0.05, 0) is 33.6 Å². The zero-order valence-corrected chi connectivity index (χ0v) is 10.6. The second-order valence-electron chi connectivity index (χ2n) is 4.67. The molecule has 0 radical (unpaired) electrons. The first-order valence-electron chi connectivity index (χ1n) is 5.42. The van der Waals surface area contributed by atoms with E-state index >= 15 is 0 Å². The summed E-state index contributed by atoms with van der Waals surface area (Å²) in [6, 6.07) is 0. The number of hydrogen-bond acceptors (Lipinski definition) is 5. The maximum Gasteiger partial charge on any atom is 0.357 e. The Bertz CT molecular complexity index is 388. The summed E-state index contributed by atoms with van der Waals surface area (Å²) in [6.45, 7) is 5.32. The molecule has 0 unspecified atom stereocenters. The molecule has 0 aromatic carbocycles. The van der Waals surface area contributed by atoms with Gasteiger partial charge >= 0.3 is 11.9 Å². The zero-order chi connectivity index (χ0) is 13.1. The first kappa shape index (κ1) is 13.4. The predicted octanol–water partition coefficient (Wildman–Crippen LogP) is 1.62. The molecule has 5 nitrogen and oxygen atoms in total. The molecule has 17 heavy (non-hydrogen) atoms. The molecule has 0 saturated heterocycles. The maximum atomic E-state index is 11.9. The molecule has 94 valence electrons. The van der Waals surface area contributed by atoms with Crippen molar-refractivity contribution >= 4 is 18.2 Å². The van der Waals surface area contributed by atoms with E-state index in [1.807, 2.05) is 0 Å². The van der Waals surface area contributed by atoms with E-state index in [4.69, 9.17) is 4.74 Å². The van der Waals surface area contributed by atoms with Crippen LogP contribution in [-0.4, -0.2) is 30.9 Å². The molecule has 0 fully saturated rings. The third-order valence-electron chi connectivity index (χ3n) is 2.05. The molecule has 1 rings (SSSR count). The number of aliphatic imine (C=N–C) groups is 1. The SMILES string of the molecule is COC(=O)C1=C(C(=O)OC(C)(C)C)CCC=N1. The van der Waals surface area contributed by atoms with Gasteiger partial charge in [0.05, 0.1) is 12.7 Å². The van der Waals surface area contributed by atoms with Crippen LogP contribution < -0.4 is 0 Å². The van der Waals surface area contributed by atoms with Crippen molar-refractivity contribution in [3.05, 3.63) is 11.3 Å². The van der Waals surface area contributed by atoms with Crippen molar-refractivity contribution in [3.63, 3.8) is 0 Å². The minimum atomic E-state index is -0.609. The second-order valence-corrected chi connectivity index (χ2v) is 4.67. The Morgan fingerprint density at radius 1 is 1.29 bits per heavy atom. The van der Waals surface area contributed by atoms with E-state index in [1.54, 1.807) is 27.0 Å². The van der Waals surface area contributed by atoms with Gasteiger partial charge in [-0.2, -0.15) is 0 Å². The zero-order valence-electron chi connectivity index (χ0n) is 10.6. The summed E-state index contributed by atoms with van der Waals surface area (Å²) in [7, 11) is 1.26. The van der Waals surface area contributed by atoms with Crippen LogP contribution in [0.5, 0.6) is 0 Å². The van der Waals surface area contributed by atoms with E-state index in [0.29, 0.717) is 12.8 Å². The molecule has 5 heteroatoms. The lowest BCUT2D eigenvalue weighted by Crippen LogP contribution is -2.27. The monoisotopic (exact) mass is 239 g/mol. The molecule has 0 saturated carbocycles. The molecule has 0 aromatic rings. The highest BCUT2D eigenvalue weighted by Gasteiger charge is 2.27. The van der Waals surface area contributed by atoms with Crippen molar-refractivity contribution in [1.82, 2.24) is 0 Å². The van der Waals surface area contributed by atoms with Crippen LogP contribution in [0.3, 0.4) is 0 Å². The van der Waals surface area contributed by atoms with Gasteiger partial charge in [-0.15, -0.1) is 0 Å². The molecule has 0 bridgehead atoms. The molecule has 0 atom stereocenters. The number of ether oxygens (including phenoxy) is 2. The van der Waals surface area contributed by atoms with Crippen LogP contribution in [-0.2, 0) is 19.1 Å². The standard InChI is InChI=1S/C12H17NO4/c1-12(2,3)17-10(14)8-6-5-7-13-9(8)11(15)16-4/h7H,5-6H2,1-4H3. The molecular weight excluding hydrogens is 222 g/mol. The fourth-order valence-corrected chi connectivity index (χ4v) is 1.37. The summed E-state index contributed by atoms with van der Waals surface area (Å²) in [5, 5.41) is 0. The summed E-state index contributed by atoms with van der Waals surface area (Å²) >= 11 is 0. The molecule has 0 N–H and O–H groups in total. The Morgan fingerprint density at radius 3 is 2.47 bits per heavy atom. The lowest BCUT2D eigenvalue weighted by atomic mass is 10.1. The Kier molecular flexibility index (Phi) is 4.04. The number of methoxy groups -OCH3 is 1. The summed E-state index contributed by atoms with van der Waals surface area (Å²) in [5.41, 5.74) is -0.255. The van der Waals surface area contributed by atoms with E-state index in [1.165, 1.54) is 7.11 Å². The first-order chi connectivity index (χ1) is 7.85. The number of rotatable bonds is 2. The Balaban J connectivity index is 2.98. The van der Waals surface area contributed by atoms with Crippen LogP contribution in [0.15, 0.2) is 16.3 Å². The van der Waals surface area contributed by atoms with Gasteiger partial charge in [0.25, 0.3) is 0 Å². The fourth-order valence-electron chi connectivity index (χ4n) is 1.37. The average molecular weight is 239 g/mol. The van der Waals surface area contributed by atoms with Gasteiger partial charge in [-0.25, -0.2) is 9.59 Å². The van der Waals surface area contributed by atoms with Crippen LogP contribution in [0.25, 0.3) is 0 Å². The van der Waals surface area contributed by atoms with Crippen molar-refractivity contribution in [2.24, 2.45) is 4.99 Å². The highest BCUT2D eigenvalue weighted by atomic mass is 16.6. The fraction of sp³-hybridized carbons (Fsp3) is 0.583. The maximum absolute atomic E-state index is 11.9. The highest BCUT2D eigenvalue weighted by Crippen LogP contribution is 2.21. The van der Waals surface area contributed by atoms with Gasteiger partial charge in [0.1, 0.15) is 5.60 Å². The molecule has 1 aliphatic rings. The lowest BCUT2D eigenvalue weighted by Gasteiger charge is -2.21. The van der Waals surface area contributed by atoms with Crippen molar-refractivity contribution < 1.29 is 19.1 Å². The van der Waals surface area contributed by atoms with Crippen molar-refractivity contribution in [1.29, 1.82) is 0 Å². The Labute approximate surface area is 101 Å². The molecule has 0 aromatic heterocycles. The smallest absolute Gasteiger partial charge is 0.357 e. The number of hydrogen-bond donors (Lipinski definition) is 0. The van der Waals surface area contributed by atoms with Crippen LogP contribution in [0, 0.1) is 0 Å². The van der Waals surface area contributed by atoms with E-state index < -0.39 is 17.5 Å². The van der Waals surface area contributed by atoms with E-state index in [-0.39, 0.29) is 11.3 Å². The molecule has 1 heterocycles.